The first-order valence-corrected chi connectivity index (χ1v) is 9.11. The second kappa shape index (κ2) is 13.7. The summed E-state index contributed by atoms with van der Waals surface area (Å²) in [6, 6.07) is 10.5. The third kappa shape index (κ3) is 7.09. The average Bonchev–Trinajstić information content (AvgIpc) is 3.38. The van der Waals surface area contributed by atoms with Crippen LogP contribution in [0.15, 0.2) is 61.2 Å². The van der Waals surface area contributed by atoms with Crippen molar-refractivity contribution in [3.63, 3.8) is 0 Å². The number of nitrogens with zero attached hydrogens (tertiary/aromatic N) is 6. The van der Waals surface area contributed by atoms with Crippen LogP contribution in [0.4, 0.5) is 0 Å². The van der Waals surface area contributed by atoms with Crippen molar-refractivity contribution in [2.24, 2.45) is 14.1 Å². The number of carboxylic acids is 1. The number of hydrogen-bond donors (Lipinski definition) is 1. The molecule has 13 heteroatoms. The molecule has 12 nitrogen and oxygen atoms in total. The van der Waals surface area contributed by atoms with Crippen LogP contribution >= 0.6 is 0 Å². The number of methoxy groups -OCH3 is 1. The Labute approximate surface area is 207 Å². The summed E-state index contributed by atoms with van der Waals surface area (Å²) in [6.07, 6.45) is 6.69. The van der Waals surface area contributed by atoms with Crippen molar-refractivity contribution < 1.29 is 49.2 Å². The molecule has 0 aliphatic heterocycles. The number of carbonyl (C=O) groups is 2. The number of aromatic nitrogens is 6. The third-order valence-corrected chi connectivity index (χ3v) is 4.29. The van der Waals surface area contributed by atoms with E-state index in [0.29, 0.717) is 17.1 Å². The van der Waals surface area contributed by atoms with Gasteiger partial charge in [-0.05, 0) is 36.4 Å². The van der Waals surface area contributed by atoms with Crippen molar-refractivity contribution in [1.29, 1.82) is 0 Å². The van der Waals surface area contributed by atoms with Gasteiger partial charge in [0.15, 0.2) is 0 Å². The monoisotopic (exact) mass is 462 g/mol. The Balaban J connectivity index is 0.000000590. The van der Waals surface area contributed by atoms with Gasteiger partial charge in [0.2, 0.25) is 0 Å². The molecule has 0 amide bonds. The standard InChI is InChI=1S/C11H11N3O2.C10H9N3O2.Li.2H2O/c1-14-10(11(15)16-2)6-9(13-14)8-4-3-5-12-7-8;1-13-9(10(14)15)5-8(12-13)7-3-2-4-11-6-7;;;/h3-7H,1-2H3;2-6H,1H3,(H,14,15);;2*1H2/q;;+1;;/p-1. The zero-order valence-electron chi connectivity index (χ0n) is 19.1. The van der Waals surface area contributed by atoms with Crippen LogP contribution in [0.3, 0.4) is 0 Å². The van der Waals surface area contributed by atoms with Crippen LogP contribution in [0.1, 0.15) is 21.0 Å². The van der Waals surface area contributed by atoms with E-state index in [4.69, 9.17) is 5.11 Å². The predicted molar refractivity (Wildman–Crippen MR) is 117 cm³/mol. The molecule has 4 rings (SSSR count). The van der Waals surface area contributed by atoms with Crippen molar-refractivity contribution in [3.05, 3.63) is 72.6 Å². The molecule has 0 aliphatic rings. The van der Waals surface area contributed by atoms with E-state index in [0.717, 1.165) is 11.1 Å². The minimum Gasteiger partial charge on any atom is -0.870 e. The smallest absolute Gasteiger partial charge is 0.870 e. The number of aryl methyl sites for hydroxylation is 2. The topological polar surface area (TPSA) is 187 Å². The number of carbonyl (C=O) groups excluding carboxylic acids is 1. The Morgan fingerprint density at radius 2 is 1.32 bits per heavy atom. The molecular formula is C21H23LiN6O6. The second-order valence-corrected chi connectivity index (χ2v) is 6.36. The molecule has 4 aromatic heterocycles. The van der Waals surface area contributed by atoms with E-state index < -0.39 is 11.9 Å². The van der Waals surface area contributed by atoms with Crippen LogP contribution < -0.4 is 18.9 Å². The van der Waals surface area contributed by atoms with Gasteiger partial charge in [-0.25, -0.2) is 9.59 Å². The van der Waals surface area contributed by atoms with Crippen molar-refractivity contribution in [3.8, 4) is 22.5 Å². The predicted octanol–water partition coefficient (Wildman–Crippen LogP) is -1.55. The van der Waals surface area contributed by atoms with Gasteiger partial charge in [0.25, 0.3) is 0 Å². The first-order chi connectivity index (χ1) is 14.9. The van der Waals surface area contributed by atoms with Crippen LogP contribution in [0, 0.1) is 0 Å². The summed E-state index contributed by atoms with van der Waals surface area (Å²) in [5, 5.41) is 17.2. The number of carboxylic acid groups (broad SMARTS) is 1. The Bertz CT molecular complexity index is 1200. The number of ether oxygens (including phenoxy) is 1. The summed E-state index contributed by atoms with van der Waals surface area (Å²) >= 11 is 0. The van der Waals surface area contributed by atoms with E-state index in [1.807, 2.05) is 18.2 Å². The minimum absolute atomic E-state index is 0. The Morgan fingerprint density at radius 1 is 0.882 bits per heavy atom. The molecule has 4 N–H and O–H groups in total. The summed E-state index contributed by atoms with van der Waals surface area (Å²) in [5.41, 5.74) is 3.57. The van der Waals surface area contributed by atoms with Crippen LogP contribution in [0.5, 0.6) is 0 Å². The van der Waals surface area contributed by atoms with Crippen molar-refractivity contribution >= 4 is 11.9 Å². The van der Waals surface area contributed by atoms with Gasteiger partial charge in [0.05, 0.1) is 18.5 Å². The first-order valence-electron chi connectivity index (χ1n) is 9.11. The van der Waals surface area contributed by atoms with Crippen LogP contribution in [0.2, 0.25) is 0 Å². The Morgan fingerprint density at radius 3 is 1.68 bits per heavy atom. The molecule has 0 spiro atoms. The maximum atomic E-state index is 11.4. The van der Waals surface area contributed by atoms with Gasteiger partial charge in [-0.2, -0.15) is 10.2 Å². The van der Waals surface area contributed by atoms with Gasteiger partial charge in [0, 0.05) is 50.0 Å². The molecule has 0 saturated heterocycles. The number of esters is 1. The zero-order chi connectivity index (χ0) is 22.4. The molecule has 34 heavy (non-hydrogen) atoms. The molecule has 0 saturated carbocycles. The maximum absolute atomic E-state index is 11.4. The Hall–Kier alpha value is -3.82. The van der Waals surface area contributed by atoms with Crippen LogP contribution in [-0.2, 0) is 18.8 Å². The molecule has 0 radical (unpaired) electrons. The third-order valence-electron chi connectivity index (χ3n) is 4.29. The van der Waals surface area contributed by atoms with Gasteiger partial charge in [-0.1, -0.05) is 0 Å². The summed E-state index contributed by atoms with van der Waals surface area (Å²) in [5.74, 6) is -1.38. The summed E-state index contributed by atoms with van der Waals surface area (Å²) in [6.45, 7) is 0. The largest absolute Gasteiger partial charge is 1.00 e. The zero-order valence-corrected chi connectivity index (χ0v) is 19.1. The van der Waals surface area contributed by atoms with Gasteiger partial charge in [-0.3, -0.25) is 19.3 Å². The van der Waals surface area contributed by atoms with Crippen LogP contribution in [-0.4, -0.2) is 64.6 Å². The molecule has 174 valence electrons. The average molecular weight is 462 g/mol. The van der Waals surface area contributed by atoms with E-state index in [2.05, 4.69) is 24.9 Å². The van der Waals surface area contributed by atoms with Crippen LogP contribution in [0.25, 0.3) is 22.5 Å². The number of hydrogen-bond acceptors (Lipinski definition) is 8. The van der Waals surface area contributed by atoms with E-state index in [-0.39, 0.29) is 35.5 Å². The van der Waals surface area contributed by atoms with Crippen molar-refractivity contribution in [2.45, 2.75) is 0 Å². The van der Waals surface area contributed by atoms with E-state index in [1.165, 1.54) is 22.5 Å². The van der Waals surface area contributed by atoms with Crippen molar-refractivity contribution in [1.82, 2.24) is 29.5 Å². The van der Waals surface area contributed by atoms with E-state index in [1.54, 1.807) is 51.0 Å². The number of aromatic carboxylic acids is 1. The molecule has 4 aromatic rings. The normalized spacial score (nSPS) is 9.26. The van der Waals surface area contributed by atoms with E-state index >= 15 is 0 Å². The molecule has 0 atom stereocenters. The number of rotatable bonds is 4. The fraction of sp³-hybridized carbons (Fsp3) is 0.143. The molecule has 0 fully saturated rings. The summed E-state index contributed by atoms with van der Waals surface area (Å²) in [7, 11) is 4.65. The van der Waals surface area contributed by atoms with Gasteiger partial charge < -0.3 is 20.8 Å². The molecule has 4 heterocycles. The van der Waals surface area contributed by atoms with E-state index in [9.17, 15) is 9.59 Å². The summed E-state index contributed by atoms with van der Waals surface area (Å²) < 4.78 is 7.48. The quantitative estimate of drug-likeness (QED) is 0.277. The Kier molecular flexibility index (Phi) is 12.1. The van der Waals surface area contributed by atoms with Gasteiger partial charge in [0.1, 0.15) is 11.4 Å². The molecule has 0 bridgehead atoms. The number of pyridine rings is 2. The minimum atomic E-state index is -0.986. The van der Waals surface area contributed by atoms with Gasteiger partial charge >= 0.3 is 30.8 Å². The molecule has 0 aromatic carbocycles. The van der Waals surface area contributed by atoms with Crippen molar-refractivity contribution in [2.75, 3.05) is 7.11 Å². The fourth-order valence-corrected chi connectivity index (χ4v) is 2.74. The first kappa shape index (κ1) is 30.2. The molecular weight excluding hydrogens is 439 g/mol. The summed E-state index contributed by atoms with van der Waals surface area (Å²) in [4.78, 5) is 30.1. The maximum Gasteiger partial charge on any atom is 1.00 e. The molecule has 0 unspecified atom stereocenters. The molecule has 0 aliphatic carbocycles. The van der Waals surface area contributed by atoms with Gasteiger partial charge in [-0.15, -0.1) is 0 Å². The second-order valence-electron chi connectivity index (χ2n) is 6.36. The fourth-order valence-electron chi connectivity index (χ4n) is 2.74. The SMILES string of the molecule is COC(=O)c1cc(-c2cccnc2)nn1C.Cn1nc(-c2cccnc2)cc1C(=O)O.O.[Li+].[OH-].